The van der Waals surface area contributed by atoms with Gasteiger partial charge in [0, 0.05) is 57.1 Å². The van der Waals surface area contributed by atoms with Crippen LogP contribution in [0.5, 0.6) is 11.6 Å². The monoisotopic (exact) mass is 557 g/mol. The Morgan fingerprint density at radius 2 is 1.95 bits per heavy atom. The molecule has 2 saturated heterocycles. The number of carbonyl (C=O) groups excluding carboxylic acids is 1. The van der Waals surface area contributed by atoms with E-state index in [0.29, 0.717) is 44.7 Å². The summed E-state index contributed by atoms with van der Waals surface area (Å²) in [6.45, 7) is 9.08. The predicted octanol–water partition coefficient (Wildman–Crippen LogP) is 2.95. The molecule has 5 rings (SSSR count). The summed E-state index contributed by atoms with van der Waals surface area (Å²) in [5.41, 5.74) is 3.74. The van der Waals surface area contributed by atoms with Gasteiger partial charge in [-0.25, -0.2) is 9.67 Å². The number of rotatable bonds is 9. The maximum atomic E-state index is 12.5. The van der Waals surface area contributed by atoms with Gasteiger partial charge in [0.2, 0.25) is 17.7 Å². The Morgan fingerprint density at radius 1 is 1.20 bits per heavy atom. The van der Waals surface area contributed by atoms with Crippen molar-refractivity contribution in [2.75, 3.05) is 44.7 Å². The van der Waals surface area contributed by atoms with Gasteiger partial charge in [0.25, 0.3) is 0 Å². The van der Waals surface area contributed by atoms with Crippen molar-refractivity contribution < 1.29 is 14.3 Å². The number of likely N-dealkylation sites (tertiary alicyclic amines) is 1. The molecule has 1 aromatic carbocycles. The summed E-state index contributed by atoms with van der Waals surface area (Å²) in [4.78, 5) is 25.6. The molecule has 0 radical (unpaired) electrons. The van der Waals surface area contributed by atoms with E-state index >= 15 is 0 Å². The van der Waals surface area contributed by atoms with Crippen LogP contribution in [-0.4, -0.2) is 86.1 Å². The molecule has 0 aliphatic carbocycles. The van der Waals surface area contributed by atoms with E-state index in [2.05, 4.69) is 30.5 Å². The van der Waals surface area contributed by atoms with Crippen molar-refractivity contribution in [1.29, 1.82) is 5.26 Å². The van der Waals surface area contributed by atoms with Gasteiger partial charge in [0.05, 0.1) is 31.2 Å². The number of carbonyl (C=O) groups is 1. The maximum absolute atomic E-state index is 12.5. The van der Waals surface area contributed by atoms with Crippen molar-refractivity contribution in [3.05, 3.63) is 59.1 Å². The number of anilines is 1. The first-order valence-electron chi connectivity index (χ1n) is 13.9. The summed E-state index contributed by atoms with van der Waals surface area (Å²) in [5.74, 6) is 1.81. The Hall–Kier alpha value is -4.34. The number of amides is 1. The van der Waals surface area contributed by atoms with E-state index in [4.69, 9.17) is 14.7 Å². The lowest BCUT2D eigenvalue weighted by Gasteiger charge is -2.31. The van der Waals surface area contributed by atoms with E-state index in [1.807, 2.05) is 43.1 Å². The van der Waals surface area contributed by atoms with E-state index in [9.17, 15) is 4.79 Å². The summed E-state index contributed by atoms with van der Waals surface area (Å²) in [7, 11) is 0. The van der Waals surface area contributed by atoms with Gasteiger partial charge in [-0.1, -0.05) is 5.21 Å². The van der Waals surface area contributed by atoms with Crippen molar-refractivity contribution in [1.82, 2.24) is 34.8 Å². The molecule has 0 saturated carbocycles. The van der Waals surface area contributed by atoms with Crippen molar-refractivity contribution in [2.45, 2.75) is 45.8 Å². The molecule has 2 aliphatic rings. The molecule has 1 amide bonds. The van der Waals surface area contributed by atoms with Crippen molar-refractivity contribution in [2.24, 2.45) is 0 Å². The highest BCUT2D eigenvalue weighted by atomic mass is 16.5. The third-order valence-electron chi connectivity index (χ3n) is 7.22. The lowest BCUT2D eigenvalue weighted by molar-refractivity contribution is -0.136. The molecule has 0 atom stereocenters. The minimum absolute atomic E-state index is 0.0425. The third-order valence-corrected chi connectivity index (χ3v) is 7.22. The molecule has 214 valence electrons. The number of hydrogen-bond acceptors (Lipinski definition) is 10. The second-order valence-corrected chi connectivity index (χ2v) is 10.4. The van der Waals surface area contributed by atoms with Crippen molar-refractivity contribution >= 4 is 17.9 Å². The van der Waals surface area contributed by atoms with E-state index in [-0.39, 0.29) is 18.5 Å². The number of nitrogens with zero attached hydrogens (tertiary/aromatic N) is 8. The van der Waals surface area contributed by atoms with Crippen LogP contribution in [0.4, 0.5) is 5.95 Å². The first-order valence-corrected chi connectivity index (χ1v) is 13.9. The quantitative estimate of drug-likeness (QED) is 0.391. The fourth-order valence-corrected chi connectivity index (χ4v) is 5.13. The molecule has 2 aromatic heterocycles. The minimum atomic E-state index is 0.0425. The van der Waals surface area contributed by atoms with Crippen LogP contribution in [-0.2, 0) is 22.6 Å². The Kier molecular flexibility index (Phi) is 9.18. The number of ether oxygens (including phenoxy) is 2. The zero-order valence-electron chi connectivity index (χ0n) is 23.5. The van der Waals surface area contributed by atoms with Crippen LogP contribution < -0.4 is 10.1 Å². The summed E-state index contributed by atoms with van der Waals surface area (Å²) >= 11 is 0. The van der Waals surface area contributed by atoms with E-state index in [1.165, 1.54) is 6.08 Å². The van der Waals surface area contributed by atoms with Gasteiger partial charge in [-0.15, -0.1) is 5.10 Å². The lowest BCUT2D eigenvalue weighted by atomic mass is 10.1. The zero-order chi connectivity index (χ0) is 28.6. The number of morpholine rings is 1. The SMILES string of the molecule is Cc1cc(/C=C/C#N)cc(C)c1Oc1ccnc(NC2CCN(Cc3cn(CC(=O)N4CCOCC4)nn3)CC2)n1. The van der Waals surface area contributed by atoms with Crippen LogP contribution in [0.2, 0.25) is 0 Å². The van der Waals surface area contributed by atoms with E-state index in [0.717, 1.165) is 54.1 Å². The predicted molar refractivity (Wildman–Crippen MR) is 152 cm³/mol. The molecular weight excluding hydrogens is 522 g/mol. The summed E-state index contributed by atoms with van der Waals surface area (Å²) < 4.78 is 13.1. The van der Waals surface area contributed by atoms with Crippen LogP contribution in [0.1, 0.15) is 35.2 Å². The largest absolute Gasteiger partial charge is 0.438 e. The Balaban J connectivity index is 1.10. The molecule has 3 aromatic rings. The van der Waals surface area contributed by atoms with Crippen molar-refractivity contribution in [3.63, 3.8) is 0 Å². The zero-order valence-corrected chi connectivity index (χ0v) is 23.5. The van der Waals surface area contributed by atoms with Crippen LogP contribution in [0.3, 0.4) is 0 Å². The van der Waals surface area contributed by atoms with Crippen LogP contribution in [0.25, 0.3) is 6.08 Å². The molecule has 12 nitrogen and oxygen atoms in total. The molecule has 2 aliphatic heterocycles. The van der Waals surface area contributed by atoms with Crippen LogP contribution >= 0.6 is 0 Å². The summed E-state index contributed by atoms with van der Waals surface area (Å²) in [6, 6.07) is 7.98. The van der Waals surface area contributed by atoms with Gasteiger partial charge in [0.15, 0.2) is 0 Å². The molecule has 4 heterocycles. The first-order chi connectivity index (χ1) is 20.0. The lowest BCUT2D eigenvalue weighted by Crippen LogP contribution is -2.42. The molecule has 2 fully saturated rings. The average molecular weight is 558 g/mol. The van der Waals surface area contributed by atoms with Gasteiger partial charge >= 0.3 is 0 Å². The number of hydrogen-bond donors (Lipinski definition) is 1. The fourth-order valence-electron chi connectivity index (χ4n) is 5.13. The fraction of sp³-hybridized carbons (Fsp3) is 0.448. The van der Waals surface area contributed by atoms with E-state index in [1.54, 1.807) is 23.0 Å². The summed E-state index contributed by atoms with van der Waals surface area (Å²) in [6.07, 6.45) is 8.68. The second-order valence-electron chi connectivity index (χ2n) is 10.4. The third kappa shape index (κ3) is 7.65. The van der Waals surface area contributed by atoms with Gasteiger partial charge in [-0.05, 0) is 61.6 Å². The number of benzene rings is 1. The molecule has 12 heteroatoms. The number of aromatic nitrogens is 5. The van der Waals surface area contributed by atoms with Gasteiger partial charge in [0.1, 0.15) is 12.3 Å². The topological polar surface area (TPSA) is 134 Å². The highest BCUT2D eigenvalue weighted by Crippen LogP contribution is 2.30. The molecular formula is C29H35N9O3. The van der Waals surface area contributed by atoms with Crippen LogP contribution in [0.15, 0.2) is 36.7 Å². The Labute approximate surface area is 239 Å². The number of piperidine rings is 1. The smallest absolute Gasteiger partial charge is 0.244 e. The van der Waals surface area contributed by atoms with Gasteiger partial charge < -0.3 is 19.7 Å². The highest BCUT2D eigenvalue weighted by molar-refractivity contribution is 5.76. The van der Waals surface area contributed by atoms with Crippen molar-refractivity contribution in [3.8, 4) is 17.7 Å². The normalized spacial score (nSPS) is 16.6. The number of aryl methyl sites for hydroxylation is 2. The minimum Gasteiger partial charge on any atom is -0.438 e. The molecule has 0 bridgehead atoms. The number of nitrogens with one attached hydrogen (secondary N) is 1. The molecule has 41 heavy (non-hydrogen) atoms. The average Bonchev–Trinajstić information content (AvgIpc) is 3.42. The number of nitriles is 1. The Morgan fingerprint density at radius 3 is 2.68 bits per heavy atom. The molecule has 1 N–H and O–H groups in total. The molecule has 0 unspecified atom stereocenters. The van der Waals surface area contributed by atoms with Gasteiger partial charge in [-0.3, -0.25) is 9.69 Å². The standard InChI is InChI=1S/C29H35N9O3/c1-21-16-23(4-3-8-30)17-22(2)28(21)41-26-5-9-31-29(33-26)32-24-6-10-36(11-7-24)18-25-19-38(35-34-25)20-27(39)37-12-14-40-15-13-37/h3-5,9,16-17,19,24H,6-7,10-15,18,20H2,1-2H3,(H,31,32,33)/b4-3+. The highest BCUT2D eigenvalue weighted by Gasteiger charge is 2.22. The van der Waals surface area contributed by atoms with Gasteiger partial charge in [-0.2, -0.15) is 10.2 Å². The summed E-state index contributed by atoms with van der Waals surface area (Å²) in [5, 5.41) is 20.7. The number of allylic oxidation sites excluding steroid dienone is 1. The van der Waals surface area contributed by atoms with Crippen LogP contribution in [0, 0.1) is 25.2 Å². The second kappa shape index (κ2) is 13.3. The Bertz CT molecular complexity index is 1390. The maximum Gasteiger partial charge on any atom is 0.244 e. The van der Waals surface area contributed by atoms with E-state index < -0.39 is 0 Å². The first kappa shape index (κ1) is 28.2. The molecule has 0 spiro atoms.